The number of hydrogen-bond acceptors (Lipinski definition) is 5. The average molecular weight is 380 g/mol. The molecule has 0 saturated heterocycles. The van der Waals surface area contributed by atoms with Crippen LogP contribution in [0.4, 0.5) is 0 Å². The van der Waals surface area contributed by atoms with Crippen molar-refractivity contribution in [3.05, 3.63) is 77.3 Å². The summed E-state index contributed by atoms with van der Waals surface area (Å²) in [5.74, 6) is -0.721. The Morgan fingerprint density at radius 1 is 1.07 bits per heavy atom. The van der Waals surface area contributed by atoms with E-state index in [9.17, 15) is 9.59 Å². The highest BCUT2D eigenvalue weighted by molar-refractivity contribution is 7.13. The summed E-state index contributed by atoms with van der Waals surface area (Å²) in [6, 6.07) is 18.6. The molecule has 5 nitrogen and oxygen atoms in total. The van der Waals surface area contributed by atoms with Crippen molar-refractivity contribution >= 4 is 23.2 Å². The fraction of sp³-hybridized carbons (Fsp3) is 0.190. The molecule has 6 heteroatoms. The van der Waals surface area contributed by atoms with Crippen LogP contribution in [0.1, 0.15) is 11.3 Å². The number of esters is 1. The second-order valence-electron chi connectivity index (χ2n) is 6.02. The number of aromatic nitrogens is 1. The van der Waals surface area contributed by atoms with Gasteiger partial charge in [-0.25, -0.2) is 9.78 Å². The summed E-state index contributed by atoms with van der Waals surface area (Å²) in [4.78, 5) is 29.0. The predicted octanol–water partition coefficient (Wildman–Crippen LogP) is 3.25. The van der Waals surface area contributed by atoms with Crippen LogP contribution in [0.15, 0.2) is 66.0 Å². The van der Waals surface area contributed by atoms with E-state index in [1.807, 2.05) is 66.0 Å². The maximum atomic E-state index is 12.4. The first-order valence-electron chi connectivity index (χ1n) is 8.56. The van der Waals surface area contributed by atoms with Crippen LogP contribution in [0.2, 0.25) is 0 Å². The molecule has 138 valence electrons. The molecule has 1 N–H and O–H groups in total. The average Bonchev–Trinajstić information content (AvgIpc) is 3.16. The third-order valence-electron chi connectivity index (χ3n) is 4.02. The largest absolute Gasteiger partial charge is 0.467 e. The molecule has 27 heavy (non-hydrogen) atoms. The molecular weight excluding hydrogens is 360 g/mol. The number of methoxy groups -OCH3 is 1. The summed E-state index contributed by atoms with van der Waals surface area (Å²) in [5, 5.41) is 5.50. The third-order valence-corrected chi connectivity index (χ3v) is 4.96. The maximum absolute atomic E-state index is 12.4. The molecule has 0 spiro atoms. The molecule has 0 saturated carbocycles. The molecule has 3 rings (SSSR count). The number of benzene rings is 2. The zero-order chi connectivity index (χ0) is 19.1. The topological polar surface area (TPSA) is 68.3 Å². The van der Waals surface area contributed by atoms with Crippen molar-refractivity contribution < 1.29 is 14.3 Å². The molecule has 0 aliphatic rings. The maximum Gasteiger partial charge on any atom is 0.328 e. The fourth-order valence-corrected chi connectivity index (χ4v) is 3.52. The lowest BCUT2D eigenvalue weighted by Crippen LogP contribution is -2.43. The highest BCUT2D eigenvalue weighted by Crippen LogP contribution is 2.23. The summed E-state index contributed by atoms with van der Waals surface area (Å²) in [6.45, 7) is 0. The third kappa shape index (κ3) is 5.24. The number of thiazole rings is 1. The molecule has 0 aliphatic heterocycles. The standard InChI is InChI=1S/C21H20N2O3S/c1-26-21(25)18(12-15-8-4-2-5-9-15)23-19(24)13-17-14-27-20(22-17)16-10-6-3-7-11-16/h2-11,14,18H,12-13H2,1H3,(H,23,24). The van der Waals surface area contributed by atoms with Crippen LogP contribution in [-0.2, 0) is 27.2 Å². The number of nitrogens with one attached hydrogen (secondary N) is 1. The van der Waals surface area contributed by atoms with E-state index < -0.39 is 12.0 Å². The van der Waals surface area contributed by atoms with E-state index in [4.69, 9.17) is 4.74 Å². The second-order valence-corrected chi connectivity index (χ2v) is 6.88. The number of amides is 1. The monoisotopic (exact) mass is 380 g/mol. The van der Waals surface area contributed by atoms with Crippen LogP contribution in [-0.4, -0.2) is 30.0 Å². The van der Waals surface area contributed by atoms with Gasteiger partial charge in [0.25, 0.3) is 0 Å². The molecule has 0 fully saturated rings. The van der Waals surface area contributed by atoms with Gasteiger partial charge >= 0.3 is 5.97 Å². The van der Waals surface area contributed by atoms with Gasteiger partial charge < -0.3 is 10.1 Å². The van der Waals surface area contributed by atoms with E-state index in [2.05, 4.69) is 10.3 Å². The molecule has 0 aliphatic carbocycles. The quantitative estimate of drug-likeness (QED) is 0.639. The van der Waals surface area contributed by atoms with Gasteiger partial charge in [-0.1, -0.05) is 60.7 Å². The zero-order valence-corrected chi connectivity index (χ0v) is 15.7. The van der Waals surface area contributed by atoms with E-state index in [-0.39, 0.29) is 12.3 Å². The van der Waals surface area contributed by atoms with Crippen LogP contribution in [0.3, 0.4) is 0 Å². The Morgan fingerprint density at radius 3 is 2.41 bits per heavy atom. The van der Waals surface area contributed by atoms with Crippen molar-refractivity contribution in [2.75, 3.05) is 7.11 Å². The number of rotatable bonds is 7. The molecular formula is C21H20N2O3S. The first-order chi connectivity index (χ1) is 13.2. The van der Waals surface area contributed by atoms with Gasteiger partial charge in [-0.05, 0) is 5.56 Å². The van der Waals surface area contributed by atoms with E-state index in [1.165, 1.54) is 18.4 Å². The molecule has 2 aromatic carbocycles. The smallest absolute Gasteiger partial charge is 0.328 e. The first-order valence-corrected chi connectivity index (χ1v) is 9.44. The van der Waals surface area contributed by atoms with Gasteiger partial charge in [0.05, 0.1) is 19.2 Å². The number of hydrogen-bond donors (Lipinski definition) is 1. The minimum atomic E-state index is -0.725. The van der Waals surface area contributed by atoms with Crippen molar-refractivity contribution in [3.63, 3.8) is 0 Å². The van der Waals surface area contributed by atoms with Gasteiger partial charge in [0.1, 0.15) is 11.0 Å². The van der Waals surface area contributed by atoms with E-state index >= 15 is 0 Å². The second kappa shape index (κ2) is 9.09. The normalized spacial score (nSPS) is 11.6. The number of nitrogens with zero attached hydrogens (tertiary/aromatic N) is 1. The lowest BCUT2D eigenvalue weighted by atomic mass is 10.1. The molecule has 1 amide bonds. The van der Waals surface area contributed by atoms with Crippen LogP contribution in [0.5, 0.6) is 0 Å². The van der Waals surface area contributed by atoms with Crippen molar-refractivity contribution in [1.29, 1.82) is 0 Å². The Kier molecular flexibility index (Phi) is 6.33. The van der Waals surface area contributed by atoms with E-state index in [1.54, 1.807) is 0 Å². The summed E-state index contributed by atoms with van der Waals surface area (Å²) >= 11 is 1.49. The summed E-state index contributed by atoms with van der Waals surface area (Å²) in [7, 11) is 1.32. The van der Waals surface area contributed by atoms with Crippen LogP contribution in [0, 0.1) is 0 Å². The molecule has 1 unspecified atom stereocenters. The van der Waals surface area contributed by atoms with Gasteiger partial charge in [-0.15, -0.1) is 11.3 Å². The Bertz CT molecular complexity index is 894. The summed E-state index contributed by atoms with van der Waals surface area (Å²) < 4.78 is 4.83. The summed E-state index contributed by atoms with van der Waals surface area (Å²) in [5.41, 5.74) is 2.65. The van der Waals surface area contributed by atoms with Crippen molar-refractivity contribution in [1.82, 2.24) is 10.3 Å². The van der Waals surface area contributed by atoms with Gasteiger partial charge in [-0.2, -0.15) is 0 Å². The fourth-order valence-electron chi connectivity index (χ4n) is 2.70. The number of ether oxygens (including phenoxy) is 1. The lowest BCUT2D eigenvalue weighted by molar-refractivity contribution is -0.145. The SMILES string of the molecule is COC(=O)C(Cc1ccccc1)NC(=O)Cc1csc(-c2ccccc2)n1. The van der Waals surface area contributed by atoms with Gasteiger partial charge in [0.15, 0.2) is 0 Å². The van der Waals surface area contributed by atoms with Gasteiger partial charge in [0.2, 0.25) is 5.91 Å². The number of carbonyl (C=O) groups excluding carboxylic acids is 2. The molecule has 1 atom stereocenters. The van der Waals surface area contributed by atoms with Crippen LogP contribution < -0.4 is 5.32 Å². The zero-order valence-electron chi connectivity index (χ0n) is 14.9. The van der Waals surface area contributed by atoms with Gasteiger partial charge in [0, 0.05) is 17.4 Å². The Morgan fingerprint density at radius 2 is 1.74 bits per heavy atom. The molecule has 1 aromatic heterocycles. The highest BCUT2D eigenvalue weighted by Gasteiger charge is 2.22. The first kappa shape index (κ1) is 18.8. The summed E-state index contributed by atoms with van der Waals surface area (Å²) in [6.07, 6.45) is 0.497. The van der Waals surface area contributed by atoms with E-state index in [0.717, 1.165) is 16.1 Å². The Balaban J connectivity index is 1.64. The number of carbonyl (C=O) groups is 2. The lowest BCUT2D eigenvalue weighted by Gasteiger charge is -2.16. The molecule has 0 radical (unpaired) electrons. The van der Waals surface area contributed by atoms with Crippen molar-refractivity contribution in [3.8, 4) is 10.6 Å². The predicted molar refractivity (Wildman–Crippen MR) is 105 cm³/mol. The van der Waals surface area contributed by atoms with Crippen LogP contribution >= 0.6 is 11.3 Å². The van der Waals surface area contributed by atoms with E-state index in [0.29, 0.717) is 12.1 Å². The Hall–Kier alpha value is -2.99. The van der Waals surface area contributed by atoms with Gasteiger partial charge in [-0.3, -0.25) is 4.79 Å². The van der Waals surface area contributed by atoms with Crippen molar-refractivity contribution in [2.45, 2.75) is 18.9 Å². The highest BCUT2D eigenvalue weighted by atomic mass is 32.1. The Labute approximate surface area is 162 Å². The minimum Gasteiger partial charge on any atom is -0.467 e. The molecule has 0 bridgehead atoms. The molecule has 1 heterocycles. The molecule has 3 aromatic rings. The van der Waals surface area contributed by atoms with Crippen molar-refractivity contribution in [2.24, 2.45) is 0 Å². The minimum absolute atomic E-state index is 0.117. The van der Waals surface area contributed by atoms with Crippen LogP contribution in [0.25, 0.3) is 10.6 Å².